The van der Waals surface area contributed by atoms with Crippen molar-refractivity contribution >= 4 is 13.9 Å². The molecule has 1 aliphatic heterocycles. The molecule has 0 spiro atoms. The highest BCUT2D eigenvalue weighted by Crippen LogP contribution is 2.40. The SMILES string of the molecule is CC(C)CCCC(C)CCCC(C)CCCC1C=Cc2cc(OP(=O)(O)O)ccc2O1. The summed E-state index contributed by atoms with van der Waals surface area (Å²) in [5, 5.41) is 0. The third-order valence-electron chi connectivity index (χ3n) is 6.03. The number of phosphoric acid groups is 1. The van der Waals surface area contributed by atoms with Gasteiger partial charge in [-0.25, -0.2) is 4.57 Å². The van der Waals surface area contributed by atoms with Gasteiger partial charge in [-0.15, -0.1) is 0 Å². The lowest BCUT2D eigenvalue weighted by Gasteiger charge is -2.22. The molecule has 1 aromatic rings. The van der Waals surface area contributed by atoms with Gasteiger partial charge in [0.25, 0.3) is 0 Å². The van der Waals surface area contributed by atoms with E-state index in [0.717, 1.165) is 41.9 Å². The molecule has 6 heteroatoms. The minimum atomic E-state index is -4.55. The molecular formula is C25H41O5P. The fraction of sp³-hybridized carbons (Fsp3) is 0.680. The molecule has 0 aromatic heterocycles. The van der Waals surface area contributed by atoms with Gasteiger partial charge in [0.05, 0.1) is 0 Å². The summed E-state index contributed by atoms with van der Waals surface area (Å²) in [4.78, 5) is 17.9. The Bertz CT molecular complexity index is 739. The van der Waals surface area contributed by atoms with Gasteiger partial charge >= 0.3 is 7.82 Å². The second-order valence-electron chi connectivity index (χ2n) is 9.69. The average Bonchev–Trinajstić information content (AvgIpc) is 2.66. The Morgan fingerprint density at radius 3 is 2.19 bits per heavy atom. The molecule has 0 fully saturated rings. The van der Waals surface area contributed by atoms with E-state index in [4.69, 9.17) is 14.5 Å². The van der Waals surface area contributed by atoms with Crippen LogP contribution in [0.1, 0.15) is 91.0 Å². The number of fused-ring (bicyclic) bond motifs is 1. The van der Waals surface area contributed by atoms with Gasteiger partial charge in [0.15, 0.2) is 0 Å². The van der Waals surface area contributed by atoms with E-state index >= 15 is 0 Å². The van der Waals surface area contributed by atoms with E-state index in [2.05, 4.69) is 32.2 Å². The van der Waals surface area contributed by atoms with Gasteiger partial charge in [-0.1, -0.05) is 78.7 Å². The molecule has 5 nitrogen and oxygen atoms in total. The van der Waals surface area contributed by atoms with Crippen molar-refractivity contribution in [3.05, 3.63) is 29.8 Å². The van der Waals surface area contributed by atoms with Crippen LogP contribution in [0.15, 0.2) is 24.3 Å². The van der Waals surface area contributed by atoms with Gasteiger partial charge in [0.1, 0.15) is 17.6 Å². The van der Waals surface area contributed by atoms with Crippen molar-refractivity contribution in [2.45, 2.75) is 91.6 Å². The van der Waals surface area contributed by atoms with Crippen molar-refractivity contribution in [3.63, 3.8) is 0 Å². The van der Waals surface area contributed by atoms with E-state index in [1.807, 2.05) is 12.2 Å². The Morgan fingerprint density at radius 2 is 1.58 bits per heavy atom. The van der Waals surface area contributed by atoms with Gasteiger partial charge in [0.2, 0.25) is 0 Å². The summed E-state index contributed by atoms with van der Waals surface area (Å²) in [5.41, 5.74) is 0.776. The van der Waals surface area contributed by atoms with Crippen molar-refractivity contribution in [1.82, 2.24) is 0 Å². The fourth-order valence-corrected chi connectivity index (χ4v) is 4.56. The molecule has 1 heterocycles. The van der Waals surface area contributed by atoms with E-state index < -0.39 is 7.82 Å². The summed E-state index contributed by atoms with van der Waals surface area (Å²) in [6.07, 6.45) is 15.4. The zero-order valence-corrected chi connectivity index (χ0v) is 20.5. The summed E-state index contributed by atoms with van der Waals surface area (Å²) in [6, 6.07) is 4.83. The minimum absolute atomic E-state index is 0.0502. The monoisotopic (exact) mass is 452 g/mol. The molecule has 0 saturated heterocycles. The second-order valence-corrected chi connectivity index (χ2v) is 10.9. The fourth-order valence-electron chi connectivity index (χ4n) is 4.17. The second kappa shape index (κ2) is 12.7. The molecule has 1 aliphatic rings. The molecule has 176 valence electrons. The molecule has 1 aromatic carbocycles. The third kappa shape index (κ3) is 10.7. The summed E-state index contributed by atoms with van der Waals surface area (Å²) in [5.74, 6) is 3.28. The number of phosphoric ester groups is 1. The lowest BCUT2D eigenvalue weighted by Crippen LogP contribution is -2.17. The number of ether oxygens (including phenoxy) is 1. The first-order chi connectivity index (χ1) is 14.6. The van der Waals surface area contributed by atoms with Crippen LogP contribution >= 0.6 is 7.82 Å². The van der Waals surface area contributed by atoms with Crippen molar-refractivity contribution in [3.8, 4) is 11.5 Å². The van der Waals surface area contributed by atoms with Gasteiger partial charge in [0, 0.05) is 5.56 Å². The highest BCUT2D eigenvalue weighted by Gasteiger charge is 2.19. The highest BCUT2D eigenvalue weighted by molar-refractivity contribution is 7.46. The van der Waals surface area contributed by atoms with E-state index in [-0.39, 0.29) is 11.9 Å². The number of hydrogen-bond acceptors (Lipinski definition) is 3. The Morgan fingerprint density at radius 1 is 0.968 bits per heavy atom. The number of rotatable bonds is 14. The van der Waals surface area contributed by atoms with Crippen LogP contribution in [0.25, 0.3) is 6.08 Å². The highest BCUT2D eigenvalue weighted by atomic mass is 31.2. The standard InChI is InChI=1S/C25H41O5P/c1-19(2)8-5-9-20(3)10-6-11-21(4)12-7-13-23-15-14-22-18-24(30-31(26,27)28)16-17-25(22)29-23/h14-21,23H,5-13H2,1-4H3,(H2,26,27,28). The average molecular weight is 453 g/mol. The predicted octanol–water partition coefficient (Wildman–Crippen LogP) is 7.37. The van der Waals surface area contributed by atoms with Gasteiger partial charge in [-0.3, -0.25) is 9.79 Å². The first kappa shape index (κ1) is 26.0. The van der Waals surface area contributed by atoms with Crippen molar-refractivity contribution in [2.75, 3.05) is 0 Å². The Kier molecular flexibility index (Phi) is 10.6. The summed E-state index contributed by atoms with van der Waals surface area (Å²) < 4.78 is 21.6. The van der Waals surface area contributed by atoms with Crippen LogP contribution in [0.3, 0.4) is 0 Å². The van der Waals surface area contributed by atoms with Crippen LogP contribution in [0.5, 0.6) is 11.5 Å². The number of hydrogen-bond donors (Lipinski definition) is 2. The molecule has 2 rings (SSSR count). The van der Waals surface area contributed by atoms with Gasteiger partial charge in [-0.05, 0) is 54.9 Å². The predicted molar refractivity (Wildman–Crippen MR) is 127 cm³/mol. The molecule has 3 unspecified atom stereocenters. The molecule has 31 heavy (non-hydrogen) atoms. The minimum Gasteiger partial charge on any atom is -0.486 e. The van der Waals surface area contributed by atoms with Crippen LogP contribution in [0, 0.1) is 17.8 Å². The first-order valence-corrected chi connectivity index (χ1v) is 13.4. The molecular weight excluding hydrogens is 411 g/mol. The molecule has 0 bridgehead atoms. The normalized spacial score (nSPS) is 17.8. The van der Waals surface area contributed by atoms with Gasteiger partial charge < -0.3 is 9.26 Å². The van der Waals surface area contributed by atoms with Crippen LogP contribution < -0.4 is 9.26 Å². The summed E-state index contributed by atoms with van der Waals surface area (Å²) >= 11 is 0. The van der Waals surface area contributed by atoms with Crippen molar-refractivity contribution in [2.24, 2.45) is 17.8 Å². The lowest BCUT2D eigenvalue weighted by molar-refractivity contribution is 0.226. The van der Waals surface area contributed by atoms with Crippen LogP contribution in [-0.2, 0) is 4.57 Å². The van der Waals surface area contributed by atoms with E-state index in [0.29, 0.717) is 0 Å². The Balaban J connectivity index is 1.63. The largest absolute Gasteiger partial charge is 0.524 e. The summed E-state index contributed by atoms with van der Waals surface area (Å²) in [7, 11) is -4.55. The Hall–Kier alpha value is -1.29. The molecule has 2 N–H and O–H groups in total. The van der Waals surface area contributed by atoms with Crippen molar-refractivity contribution < 1.29 is 23.6 Å². The van der Waals surface area contributed by atoms with Crippen LogP contribution in [0.2, 0.25) is 0 Å². The quantitative estimate of drug-likeness (QED) is 0.288. The van der Waals surface area contributed by atoms with Crippen LogP contribution in [-0.4, -0.2) is 15.9 Å². The zero-order valence-electron chi connectivity index (χ0n) is 19.6. The maximum Gasteiger partial charge on any atom is 0.524 e. The van der Waals surface area contributed by atoms with Gasteiger partial charge in [-0.2, -0.15) is 0 Å². The van der Waals surface area contributed by atoms with E-state index in [9.17, 15) is 4.57 Å². The molecule has 0 amide bonds. The van der Waals surface area contributed by atoms with E-state index in [1.165, 1.54) is 51.0 Å². The molecule has 0 saturated carbocycles. The molecule has 0 radical (unpaired) electrons. The third-order valence-corrected chi connectivity index (χ3v) is 6.48. The lowest BCUT2D eigenvalue weighted by atomic mass is 9.91. The maximum absolute atomic E-state index is 11.0. The zero-order chi connectivity index (χ0) is 22.9. The Labute approximate surface area is 188 Å². The number of benzene rings is 1. The summed E-state index contributed by atoms with van der Waals surface area (Å²) in [6.45, 7) is 9.37. The van der Waals surface area contributed by atoms with Crippen LogP contribution in [0.4, 0.5) is 0 Å². The molecule has 3 atom stereocenters. The smallest absolute Gasteiger partial charge is 0.486 e. The molecule has 0 aliphatic carbocycles. The first-order valence-electron chi connectivity index (χ1n) is 11.9. The topological polar surface area (TPSA) is 76.0 Å². The van der Waals surface area contributed by atoms with E-state index in [1.54, 1.807) is 12.1 Å². The maximum atomic E-state index is 11.0. The van der Waals surface area contributed by atoms with Crippen molar-refractivity contribution in [1.29, 1.82) is 0 Å².